The molecule has 0 fully saturated rings. The van der Waals surface area contributed by atoms with Crippen LogP contribution in [0.3, 0.4) is 0 Å². The van der Waals surface area contributed by atoms with Gasteiger partial charge < -0.3 is 0 Å². The van der Waals surface area contributed by atoms with Crippen molar-refractivity contribution in [1.82, 2.24) is 4.90 Å². The third kappa shape index (κ3) is 7.89. The van der Waals surface area contributed by atoms with E-state index in [1.54, 1.807) is 0 Å². The zero-order valence-corrected chi connectivity index (χ0v) is 25.4. The number of hydrogen-bond donors (Lipinski definition) is 0. The maximum atomic E-state index is 13.6. The summed E-state index contributed by atoms with van der Waals surface area (Å²) in [5, 5.41) is 2.52. The van der Waals surface area contributed by atoms with E-state index in [1.165, 1.54) is 68.2 Å². The molecule has 0 heterocycles. The number of amides is 1. The van der Waals surface area contributed by atoms with E-state index in [0.29, 0.717) is 0 Å². The van der Waals surface area contributed by atoms with Crippen molar-refractivity contribution in [2.24, 2.45) is 0 Å². The summed E-state index contributed by atoms with van der Waals surface area (Å²) in [4.78, 5) is 15.6. The van der Waals surface area contributed by atoms with Crippen LogP contribution in [0.1, 0.15) is 95.7 Å². The molecule has 2 aromatic rings. The van der Waals surface area contributed by atoms with Crippen LogP contribution < -0.4 is 0 Å². The van der Waals surface area contributed by atoms with E-state index in [-0.39, 0.29) is 10.2 Å². The van der Waals surface area contributed by atoms with Gasteiger partial charge in [0.1, 0.15) is 0 Å². The Morgan fingerprint density at radius 2 is 1.29 bits per heavy atom. The minimum absolute atomic E-state index is 0.0197. The van der Waals surface area contributed by atoms with Gasteiger partial charge in [0.05, 0.1) is 0 Å². The number of rotatable bonds is 16. The summed E-state index contributed by atoms with van der Waals surface area (Å²) in [5.41, 5.74) is 1.28. The van der Waals surface area contributed by atoms with Gasteiger partial charge in [-0.15, -0.1) is 0 Å². The molecule has 1 atom stereocenters. The molecule has 0 spiro atoms. The van der Waals surface area contributed by atoms with E-state index in [4.69, 9.17) is 4.74 Å². The van der Waals surface area contributed by atoms with Gasteiger partial charge in [-0.1, -0.05) is 0 Å². The summed E-state index contributed by atoms with van der Waals surface area (Å²) in [6.45, 7) is 12.8. The molecule has 190 valence electrons. The van der Waals surface area contributed by atoms with Crippen LogP contribution in [0.5, 0.6) is 0 Å². The number of nitrogens with zero attached hydrogens (tertiary/aromatic N) is 1. The number of benzene rings is 2. The van der Waals surface area contributed by atoms with Crippen molar-refractivity contribution < 1.29 is 9.53 Å². The number of carbonyl (C=O) groups excluding carboxylic acids is 1. The monoisotopic (exact) mass is 575 g/mol. The summed E-state index contributed by atoms with van der Waals surface area (Å²) >= 11 is -2.96. The van der Waals surface area contributed by atoms with Gasteiger partial charge in [0, 0.05) is 0 Å². The van der Waals surface area contributed by atoms with E-state index >= 15 is 0 Å². The Kier molecular flexibility index (Phi) is 13.4. The number of unbranched alkanes of at least 4 members (excludes halogenated alkanes) is 3. The molecule has 0 aliphatic rings. The summed E-state index contributed by atoms with van der Waals surface area (Å²) < 4.78 is 10.7. The molecule has 1 amide bonds. The Balaban J connectivity index is 2.64. The zero-order valence-electron chi connectivity index (χ0n) is 22.6. The van der Waals surface area contributed by atoms with Crippen LogP contribution in [0.4, 0.5) is 4.79 Å². The van der Waals surface area contributed by atoms with E-state index in [2.05, 4.69) is 77.1 Å². The Hall–Kier alpha value is -1.23. The molecule has 0 N–H and O–H groups in total. The second-order valence-corrected chi connectivity index (χ2v) is 23.5. The Morgan fingerprint density at radius 1 is 0.765 bits per heavy atom. The fourth-order valence-corrected chi connectivity index (χ4v) is 22.4. The van der Waals surface area contributed by atoms with Gasteiger partial charge in [-0.25, -0.2) is 0 Å². The van der Waals surface area contributed by atoms with Crippen LogP contribution >= 0.6 is 0 Å². The van der Waals surface area contributed by atoms with Gasteiger partial charge in [-0.2, -0.15) is 0 Å². The van der Waals surface area contributed by atoms with Crippen LogP contribution in [-0.4, -0.2) is 42.5 Å². The van der Waals surface area contributed by atoms with Crippen molar-refractivity contribution in [3.05, 3.63) is 48.0 Å². The molecule has 0 saturated heterocycles. The maximum absolute atomic E-state index is 13.6. The molecule has 0 aliphatic carbocycles. The van der Waals surface area contributed by atoms with Crippen molar-refractivity contribution in [3.63, 3.8) is 0 Å². The normalized spacial score (nSPS) is 12.6. The average molecular weight is 574 g/mol. The van der Waals surface area contributed by atoms with Crippen LogP contribution in [0.25, 0.3) is 10.8 Å². The summed E-state index contributed by atoms with van der Waals surface area (Å²) in [6, 6.07) is 15.3. The van der Waals surface area contributed by atoms with Crippen molar-refractivity contribution in [3.8, 4) is 0 Å². The third-order valence-corrected chi connectivity index (χ3v) is 23.2. The fraction of sp³-hybridized carbons (Fsp3) is 0.633. The summed E-state index contributed by atoms with van der Waals surface area (Å²) in [5.74, 6) is 0. The van der Waals surface area contributed by atoms with Gasteiger partial charge >= 0.3 is 214 Å². The predicted octanol–water partition coefficient (Wildman–Crippen LogP) is 9.53. The van der Waals surface area contributed by atoms with Crippen LogP contribution in [0, 0.1) is 0 Å². The van der Waals surface area contributed by atoms with E-state index in [0.717, 1.165) is 25.9 Å². The first kappa shape index (κ1) is 29.0. The summed E-state index contributed by atoms with van der Waals surface area (Å²) in [7, 11) is 0. The molecule has 4 heteroatoms. The van der Waals surface area contributed by atoms with Gasteiger partial charge in [0.15, 0.2) is 0 Å². The molecule has 2 aromatic carbocycles. The molecule has 2 rings (SSSR count). The molecule has 34 heavy (non-hydrogen) atoms. The molecule has 0 aromatic heterocycles. The second-order valence-electron chi connectivity index (χ2n) is 9.99. The standard InChI is InChI=1S/C18H22NO2.3C4H9.Sn/c1-3-12-19(13-4-2)18(20)21-14-16-10-7-9-15-8-5-6-11-17(15)16;3*1-3-4-2;/h5-11,14H,3-4,12-13H2,1-2H3;3*1,3-4H2,2H3;. The first-order valence-electron chi connectivity index (χ1n) is 14.0. The number of fused-ring (bicyclic) bond motifs is 1. The molecular weight excluding hydrogens is 525 g/mol. The Labute approximate surface area is 213 Å². The van der Waals surface area contributed by atoms with Crippen molar-refractivity contribution in [1.29, 1.82) is 0 Å². The van der Waals surface area contributed by atoms with E-state index in [9.17, 15) is 4.79 Å². The SMILES string of the molecule is CCC[CH2][Sn]([CH2]CCC)([CH2]CCC)[C@H](OC(=O)N(CCC)CCC)c1cccc2ccccc12. The number of carbonyl (C=O) groups is 1. The van der Waals surface area contributed by atoms with Gasteiger partial charge in [-0.05, 0) is 0 Å². The zero-order chi connectivity index (χ0) is 24.8. The minimum atomic E-state index is -2.96. The van der Waals surface area contributed by atoms with Crippen LogP contribution in [-0.2, 0) is 4.74 Å². The number of hydrogen-bond acceptors (Lipinski definition) is 2. The molecule has 0 saturated carbocycles. The Morgan fingerprint density at radius 3 is 1.82 bits per heavy atom. The van der Waals surface area contributed by atoms with Gasteiger partial charge in [0.25, 0.3) is 0 Å². The number of ether oxygens (including phenoxy) is 1. The van der Waals surface area contributed by atoms with Crippen molar-refractivity contribution in [2.45, 2.75) is 103 Å². The molecule has 0 unspecified atom stereocenters. The average Bonchev–Trinajstić information content (AvgIpc) is 2.86. The van der Waals surface area contributed by atoms with Gasteiger partial charge in [-0.3, -0.25) is 0 Å². The quantitative estimate of drug-likeness (QED) is 0.187. The molecule has 0 bridgehead atoms. The predicted molar refractivity (Wildman–Crippen MR) is 150 cm³/mol. The van der Waals surface area contributed by atoms with Crippen molar-refractivity contribution in [2.75, 3.05) is 13.1 Å². The molecule has 0 radical (unpaired) electrons. The van der Waals surface area contributed by atoms with E-state index in [1.807, 2.05) is 4.90 Å². The first-order valence-corrected chi connectivity index (χ1v) is 21.7. The van der Waals surface area contributed by atoms with Crippen molar-refractivity contribution >= 4 is 35.2 Å². The van der Waals surface area contributed by atoms with Crippen LogP contribution in [0.2, 0.25) is 13.3 Å². The topological polar surface area (TPSA) is 29.5 Å². The van der Waals surface area contributed by atoms with E-state index < -0.39 is 18.4 Å². The van der Waals surface area contributed by atoms with Crippen LogP contribution in [0.15, 0.2) is 42.5 Å². The molecular formula is C30H49NO2Sn. The summed E-state index contributed by atoms with van der Waals surface area (Å²) in [6.07, 6.45) is 9.25. The Bertz CT molecular complexity index is 820. The fourth-order valence-electron chi connectivity index (χ4n) is 5.36. The third-order valence-electron chi connectivity index (χ3n) is 7.21. The first-order chi connectivity index (χ1) is 16.6. The molecule has 0 aliphatic heterocycles. The van der Waals surface area contributed by atoms with Gasteiger partial charge in [0.2, 0.25) is 0 Å². The second kappa shape index (κ2) is 15.7. The molecule has 3 nitrogen and oxygen atoms in total.